The van der Waals surface area contributed by atoms with Crippen LogP contribution in [0, 0.1) is 11.7 Å². The summed E-state index contributed by atoms with van der Waals surface area (Å²) in [6.07, 6.45) is 0.600. The molecule has 3 nitrogen and oxygen atoms in total. The Balaban J connectivity index is 2.45. The van der Waals surface area contributed by atoms with E-state index in [0.717, 1.165) is 10.1 Å². The molecular weight excluding hydrogens is 240 g/mol. The summed E-state index contributed by atoms with van der Waals surface area (Å²) < 4.78 is 18.4. The number of hydrogen-bond acceptors (Lipinski definition) is 3. The standard InChI is InChI=1S/C8H10FNO2Se/c1-5-7(13-8(9)10-5)3-4-12-6(2)11/h3-4H2,1-2H3. The van der Waals surface area contributed by atoms with Crippen LogP contribution in [-0.4, -0.2) is 32.1 Å². The van der Waals surface area contributed by atoms with E-state index in [9.17, 15) is 9.18 Å². The van der Waals surface area contributed by atoms with Gasteiger partial charge in [0.15, 0.2) is 0 Å². The predicted molar refractivity (Wildman–Crippen MR) is 46.2 cm³/mol. The van der Waals surface area contributed by atoms with Crippen LogP contribution in [0.25, 0.3) is 0 Å². The molecule has 1 heterocycles. The topological polar surface area (TPSA) is 39.2 Å². The number of hydrogen-bond donors (Lipinski definition) is 0. The zero-order valence-electron chi connectivity index (χ0n) is 7.46. The van der Waals surface area contributed by atoms with Crippen LogP contribution in [0.3, 0.4) is 0 Å². The first-order valence-corrected chi connectivity index (χ1v) is 5.56. The summed E-state index contributed by atoms with van der Waals surface area (Å²) in [5.74, 6) is -0.301. The van der Waals surface area contributed by atoms with E-state index in [1.165, 1.54) is 6.92 Å². The van der Waals surface area contributed by atoms with Crippen molar-refractivity contribution in [2.45, 2.75) is 20.3 Å². The van der Waals surface area contributed by atoms with Crippen molar-refractivity contribution in [2.75, 3.05) is 6.61 Å². The fraction of sp³-hybridized carbons (Fsp3) is 0.500. The summed E-state index contributed by atoms with van der Waals surface area (Å²) in [7, 11) is 0. The summed E-state index contributed by atoms with van der Waals surface area (Å²) in [5.41, 5.74) is 0.740. The monoisotopic (exact) mass is 251 g/mol. The van der Waals surface area contributed by atoms with Crippen molar-refractivity contribution in [3.05, 3.63) is 15.0 Å². The van der Waals surface area contributed by atoms with Gasteiger partial charge in [-0.1, -0.05) is 0 Å². The number of rotatable bonds is 3. The Morgan fingerprint density at radius 3 is 2.85 bits per heavy atom. The van der Waals surface area contributed by atoms with Crippen molar-refractivity contribution < 1.29 is 13.9 Å². The number of halogens is 1. The SMILES string of the molecule is CC(=O)OCCc1[se]c(F)nc1C. The second-order valence-corrected chi connectivity index (χ2v) is 4.73. The third kappa shape index (κ3) is 3.28. The van der Waals surface area contributed by atoms with Crippen LogP contribution in [0.15, 0.2) is 0 Å². The van der Waals surface area contributed by atoms with Gasteiger partial charge in [0, 0.05) is 0 Å². The summed E-state index contributed by atoms with van der Waals surface area (Å²) >= 11 is -0.274. The Morgan fingerprint density at radius 1 is 1.69 bits per heavy atom. The second-order valence-electron chi connectivity index (χ2n) is 2.57. The number of carbonyl (C=O) groups excluding carboxylic acids is 1. The van der Waals surface area contributed by atoms with Gasteiger partial charge in [-0.25, -0.2) is 0 Å². The molecule has 0 saturated carbocycles. The first-order valence-electron chi connectivity index (χ1n) is 3.84. The molecule has 1 aromatic rings. The van der Waals surface area contributed by atoms with E-state index >= 15 is 0 Å². The Hall–Kier alpha value is -0.671. The first-order chi connectivity index (χ1) is 6.09. The molecular formula is C8H10FNO2Se. The Labute approximate surface area is 81.7 Å². The Kier molecular flexibility index (Phi) is 3.63. The first kappa shape index (κ1) is 10.4. The molecule has 0 N–H and O–H groups in total. The van der Waals surface area contributed by atoms with Crippen LogP contribution in [-0.2, 0) is 16.0 Å². The van der Waals surface area contributed by atoms with E-state index in [-0.39, 0.29) is 25.3 Å². The number of aryl methyl sites for hydroxylation is 1. The van der Waals surface area contributed by atoms with Crippen molar-refractivity contribution >= 4 is 20.5 Å². The summed E-state index contributed by atoms with van der Waals surface area (Å²) in [6.45, 7) is 3.46. The van der Waals surface area contributed by atoms with E-state index in [1.807, 2.05) is 0 Å². The molecule has 0 amide bonds. The van der Waals surface area contributed by atoms with Crippen molar-refractivity contribution in [3.63, 3.8) is 0 Å². The molecule has 0 aliphatic rings. The van der Waals surface area contributed by atoms with Crippen molar-refractivity contribution in [1.29, 1.82) is 0 Å². The van der Waals surface area contributed by atoms with Gasteiger partial charge < -0.3 is 0 Å². The normalized spacial score (nSPS) is 10.1. The fourth-order valence-electron chi connectivity index (χ4n) is 0.912. The number of aromatic nitrogens is 1. The van der Waals surface area contributed by atoms with E-state index in [1.54, 1.807) is 6.92 Å². The molecule has 0 fully saturated rings. The van der Waals surface area contributed by atoms with Gasteiger partial charge in [-0.2, -0.15) is 0 Å². The number of nitrogens with zero attached hydrogens (tertiary/aromatic N) is 1. The van der Waals surface area contributed by atoms with Gasteiger partial charge in [-0.05, 0) is 0 Å². The third-order valence-electron chi connectivity index (χ3n) is 1.50. The predicted octanol–water partition coefficient (Wildman–Crippen LogP) is 0.692. The van der Waals surface area contributed by atoms with Gasteiger partial charge in [0.2, 0.25) is 0 Å². The molecule has 0 spiro atoms. The van der Waals surface area contributed by atoms with Crippen LogP contribution in [0.1, 0.15) is 17.1 Å². The van der Waals surface area contributed by atoms with Crippen molar-refractivity contribution in [3.8, 4) is 0 Å². The summed E-state index contributed by atoms with van der Waals surface area (Å²) in [4.78, 5) is 13.8. The molecule has 0 aliphatic carbocycles. The minimum atomic E-state index is -0.301. The van der Waals surface area contributed by atoms with Gasteiger partial charge in [-0.15, -0.1) is 0 Å². The van der Waals surface area contributed by atoms with Crippen LogP contribution < -0.4 is 0 Å². The van der Waals surface area contributed by atoms with Crippen molar-refractivity contribution in [2.24, 2.45) is 0 Å². The number of esters is 1. The van der Waals surface area contributed by atoms with Crippen LogP contribution >= 0.6 is 0 Å². The maximum absolute atomic E-state index is 12.6. The van der Waals surface area contributed by atoms with Crippen LogP contribution in [0.5, 0.6) is 0 Å². The molecule has 0 aromatic carbocycles. The van der Waals surface area contributed by atoms with Crippen molar-refractivity contribution in [1.82, 2.24) is 4.98 Å². The zero-order chi connectivity index (χ0) is 9.84. The molecule has 1 aromatic heterocycles. The average Bonchev–Trinajstić information content (AvgIpc) is 2.29. The van der Waals surface area contributed by atoms with E-state index in [4.69, 9.17) is 4.74 Å². The molecule has 0 aliphatic heterocycles. The van der Waals surface area contributed by atoms with E-state index < -0.39 is 0 Å². The van der Waals surface area contributed by atoms with Gasteiger partial charge in [0.25, 0.3) is 0 Å². The summed E-state index contributed by atoms with van der Waals surface area (Å²) in [5, 5.41) is 0. The maximum atomic E-state index is 12.6. The minimum absolute atomic E-state index is 0.274. The number of carbonyl (C=O) groups is 1. The van der Waals surface area contributed by atoms with Crippen LogP contribution in [0.4, 0.5) is 4.39 Å². The molecule has 0 atom stereocenters. The van der Waals surface area contributed by atoms with E-state index in [0.29, 0.717) is 13.0 Å². The molecule has 1 rings (SSSR count). The molecule has 0 unspecified atom stereocenters. The third-order valence-corrected chi connectivity index (χ3v) is 3.61. The summed E-state index contributed by atoms with van der Waals surface area (Å²) in [6, 6.07) is 0. The van der Waals surface area contributed by atoms with Gasteiger partial charge in [0.05, 0.1) is 0 Å². The van der Waals surface area contributed by atoms with Gasteiger partial charge in [-0.3, -0.25) is 0 Å². The average molecular weight is 250 g/mol. The van der Waals surface area contributed by atoms with Gasteiger partial charge >= 0.3 is 81.2 Å². The molecule has 0 radical (unpaired) electrons. The number of ether oxygens (including phenoxy) is 1. The second kappa shape index (κ2) is 4.53. The van der Waals surface area contributed by atoms with E-state index in [2.05, 4.69) is 4.98 Å². The van der Waals surface area contributed by atoms with Crippen LogP contribution in [0.2, 0.25) is 0 Å². The zero-order valence-corrected chi connectivity index (χ0v) is 9.18. The molecule has 5 heteroatoms. The Bertz CT molecular complexity index is 311. The van der Waals surface area contributed by atoms with Gasteiger partial charge in [0.1, 0.15) is 0 Å². The quantitative estimate of drug-likeness (QED) is 0.585. The molecule has 0 saturated heterocycles. The fourth-order valence-corrected chi connectivity index (χ4v) is 2.52. The molecule has 72 valence electrons. The molecule has 13 heavy (non-hydrogen) atoms. The Morgan fingerprint density at radius 2 is 2.38 bits per heavy atom. The molecule has 0 bridgehead atoms.